The fourth-order valence-corrected chi connectivity index (χ4v) is 3.84. The zero-order valence-corrected chi connectivity index (χ0v) is 12.4. The van der Waals surface area contributed by atoms with Crippen molar-refractivity contribution in [3.63, 3.8) is 0 Å². The Hall–Kier alpha value is 0.430. The molecule has 1 heterocycles. The Kier molecular flexibility index (Phi) is 5.14. The van der Waals surface area contributed by atoms with Crippen molar-refractivity contribution in [1.82, 2.24) is 5.32 Å². The first-order valence-corrected chi connectivity index (χ1v) is 7.92. The summed E-state index contributed by atoms with van der Waals surface area (Å²) in [5, 5.41) is 6.12. The van der Waals surface area contributed by atoms with Crippen LogP contribution >= 0.6 is 38.9 Å². The molecule has 1 fully saturated rings. The minimum Gasteiger partial charge on any atom is -0.312 e. The first kappa shape index (κ1) is 12.9. The maximum atomic E-state index is 6.09. The predicted molar refractivity (Wildman–Crippen MR) is 75.3 cm³/mol. The van der Waals surface area contributed by atoms with Crippen LogP contribution < -0.4 is 5.32 Å². The summed E-state index contributed by atoms with van der Waals surface area (Å²) in [6, 6.07) is 2.19. The van der Waals surface area contributed by atoms with Crippen LogP contribution in [-0.4, -0.2) is 11.9 Å². The summed E-state index contributed by atoms with van der Waals surface area (Å²) in [4.78, 5) is 1.40. The molecule has 0 radical (unpaired) electrons. The Morgan fingerprint density at radius 3 is 2.75 bits per heavy atom. The first-order valence-electron chi connectivity index (χ1n) is 5.81. The van der Waals surface area contributed by atoms with Crippen molar-refractivity contribution in [3.05, 3.63) is 20.8 Å². The van der Waals surface area contributed by atoms with Gasteiger partial charge in [-0.05, 0) is 60.1 Å². The van der Waals surface area contributed by atoms with E-state index in [1.807, 2.05) is 0 Å². The van der Waals surface area contributed by atoms with Crippen LogP contribution in [0.25, 0.3) is 0 Å². The third-order valence-corrected chi connectivity index (χ3v) is 5.26. The lowest BCUT2D eigenvalue weighted by Gasteiger charge is -2.25. The molecule has 1 saturated carbocycles. The minimum absolute atomic E-state index is 0.435. The van der Waals surface area contributed by atoms with Crippen molar-refractivity contribution in [2.75, 3.05) is 6.54 Å². The summed E-state index contributed by atoms with van der Waals surface area (Å²) >= 11 is 11.4. The molecule has 1 nitrogen and oxygen atoms in total. The van der Waals surface area contributed by atoms with Crippen LogP contribution in [0.3, 0.4) is 0 Å². The monoisotopic (exact) mass is 321 g/mol. The highest BCUT2D eigenvalue weighted by molar-refractivity contribution is 9.10. The lowest BCUT2D eigenvalue weighted by Crippen LogP contribution is -2.26. The van der Waals surface area contributed by atoms with Gasteiger partial charge in [0.2, 0.25) is 0 Å². The molecule has 0 aromatic carbocycles. The quantitative estimate of drug-likeness (QED) is 0.810. The average Bonchev–Trinajstić information content (AvgIpc) is 2.67. The molecule has 1 aromatic heterocycles. The van der Waals surface area contributed by atoms with Crippen LogP contribution in [0.1, 0.15) is 30.6 Å². The maximum Gasteiger partial charge on any atom is 0.0336 e. The van der Waals surface area contributed by atoms with E-state index in [0.29, 0.717) is 5.38 Å². The number of hydrogen-bond acceptors (Lipinski definition) is 2. The molecule has 0 saturated heterocycles. The first-order chi connectivity index (χ1) is 7.74. The van der Waals surface area contributed by atoms with Crippen LogP contribution in [-0.2, 0) is 6.54 Å². The van der Waals surface area contributed by atoms with Gasteiger partial charge in [0.1, 0.15) is 0 Å². The molecule has 1 aliphatic carbocycles. The van der Waals surface area contributed by atoms with Crippen molar-refractivity contribution in [2.24, 2.45) is 5.92 Å². The molecule has 0 atom stereocenters. The van der Waals surface area contributed by atoms with Gasteiger partial charge in [0.05, 0.1) is 0 Å². The molecular weight excluding hydrogens is 306 g/mol. The standard InChI is InChI=1S/C12H17BrClNS/c13-10-5-12(16-8-10)7-15-6-9-1-3-11(14)4-2-9/h5,8-9,11,15H,1-4,6-7H2. The van der Waals surface area contributed by atoms with Crippen molar-refractivity contribution >= 4 is 38.9 Å². The molecule has 0 spiro atoms. The topological polar surface area (TPSA) is 12.0 Å². The lowest BCUT2D eigenvalue weighted by molar-refractivity contribution is 0.346. The molecular formula is C12H17BrClNS. The van der Waals surface area contributed by atoms with Gasteiger partial charge in [0, 0.05) is 26.7 Å². The normalized spacial score (nSPS) is 25.9. The Labute approximate surface area is 115 Å². The van der Waals surface area contributed by atoms with E-state index in [9.17, 15) is 0 Å². The van der Waals surface area contributed by atoms with Gasteiger partial charge in [0.25, 0.3) is 0 Å². The Morgan fingerprint density at radius 2 is 2.12 bits per heavy atom. The van der Waals surface area contributed by atoms with Crippen LogP contribution in [0, 0.1) is 5.92 Å². The summed E-state index contributed by atoms with van der Waals surface area (Å²) in [5.41, 5.74) is 0. The number of thiophene rings is 1. The molecule has 0 amide bonds. The molecule has 1 aromatic rings. The van der Waals surface area contributed by atoms with Crippen LogP contribution in [0.5, 0.6) is 0 Å². The highest BCUT2D eigenvalue weighted by atomic mass is 79.9. The summed E-state index contributed by atoms with van der Waals surface area (Å²) in [5.74, 6) is 0.832. The van der Waals surface area contributed by atoms with Gasteiger partial charge in [-0.25, -0.2) is 0 Å². The van der Waals surface area contributed by atoms with Gasteiger partial charge in [-0.3, -0.25) is 0 Å². The highest BCUT2D eigenvalue weighted by Crippen LogP contribution is 2.27. The number of hydrogen-bond donors (Lipinski definition) is 1. The molecule has 2 rings (SSSR count). The SMILES string of the molecule is ClC1CCC(CNCc2cc(Br)cs2)CC1. The second-order valence-corrected chi connectivity index (χ2v) is 7.01. The zero-order valence-electron chi connectivity index (χ0n) is 9.22. The summed E-state index contributed by atoms with van der Waals surface area (Å²) < 4.78 is 1.19. The third-order valence-electron chi connectivity index (χ3n) is 3.13. The highest BCUT2D eigenvalue weighted by Gasteiger charge is 2.18. The largest absolute Gasteiger partial charge is 0.312 e. The molecule has 0 unspecified atom stereocenters. The average molecular weight is 323 g/mol. The number of nitrogens with one attached hydrogen (secondary N) is 1. The molecule has 1 N–H and O–H groups in total. The number of halogens is 2. The van der Waals surface area contributed by atoms with Crippen molar-refractivity contribution < 1.29 is 0 Å². The predicted octanol–water partition coefficient (Wildman–Crippen LogP) is 4.40. The van der Waals surface area contributed by atoms with Crippen LogP contribution in [0.15, 0.2) is 15.9 Å². The van der Waals surface area contributed by atoms with E-state index in [1.165, 1.54) is 35.0 Å². The van der Waals surface area contributed by atoms with E-state index in [2.05, 4.69) is 32.7 Å². The minimum atomic E-state index is 0.435. The number of alkyl halides is 1. The number of rotatable bonds is 4. The third kappa shape index (κ3) is 4.02. The maximum absolute atomic E-state index is 6.09. The van der Waals surface area contributed by atoms with Gasteiger partial charge >= 0.3 is 0 Å². The van der Waals surface area contributed by atoms with E-state index < -0.39 is 0 Å². The molecule has 90 valence electrons. The molecule has 4 heteroatoms. The van der Waals surface area contributed by atoms with Crippen molar-refractivity contribution in [2.45, 2.75) is 37.6 Å². The molecule has 0 aliphatic heterocycles. The summed E-state index contributed by atoms with van der Waals surface area (Å²) in [6.07, 6.45) is 4.96. The molecule has 1 aliphatic rings. The van der Waals surface area contributed by atoms with Gasteiger partial charge in [-0.1, -0.05) is 0 Å². The second kappa shape index (κ2) is 6.39. The van der Waals surface area contributed by atoms with E-state index in [4.69, 9.17) is 11.6 Å². The van der Waals surface area contributed by atoms with E-state index >= 15 is 0 Å². The van der Waals surface area contributed by atoms with Crippen LogP contribution in [0.2, 0.25) is 0 Å². The Bertz CT molecular complexity index is 321. The summed E-state index contributed by atoms with van der Waals surface area (Å²) in [6.45, 7) is 2.14. The van der Waals surface area contributed by atoms with Gasteiger partial charge < -0.3 is 5.32 Å². The van der Waals surface area contributed by atoms with Crippen LogP contribution in [0.4, 0.5) is 0 Å². The van der Waals surface area contributed by atoms with Gasteiger partial charge in [-0.15, -0.1) is 22.9 Å². The van der Waals surface area contributed by atoms with E-state index in [-0.39, 0.29) is 0 Å². The molecule has 0 bridgehead atoms. The Balaban J connectivity index is 1.64. The van der Waals surface area contributed by atoms with Crippen molar-refractivity contribution in [3.8, 4) is 0 Å². The van der Waals surface area contributed by atoms with Crippen molar-refractivity contribution in [1.29, 1.82) is 0 Å². The fraction of sp³-hybridized carbons (Fsp3) is 0.667. The smallest absolute Gasteiger partial charge is 0.0336 e. The fourth-order valence-electron chi connectivity index (χ4n) is 2.17. The van der Waals surface area contributed by atoms with E-state index in [0.717, 1.165) is 19.0 Å². The van der Waals surface area contributed by atoms with E-state index in [1.54, 1.807) is 11.3 Å². The van der Waals surface area contributed by atoms with Gasteiger partial charge in [0.15, 0.2) is 0 Å². The second-order valence-electron chi connectivity index (χ2n) is 4.48. The van der Waals surface area contributed by atoms with Gasteiger partial charge in [-0.2, -0.15) is 0 Å². The molecule has 16 heavy (non-hydrogen) atoms. The Morgan fingerprint density at radius 1 is 1.38 bits per heavy atom. The lowest BCUT2D eigenvalue weighted by atomic mass is 9.89. The zero-order chi connectivity index (χ0) is 11.4. The summed E-state index contributed by atoms with van der Waals surface area (Å²) in [7, 11) is 0.